The summed E-state index contributed by atoms with van der Waals surface area (Å²) < 4.78 is 10.5. The molecule has 0 amide bonds. The zero-order valence-corrected chi connectivity index (χ0v) is 12.8. The monoisotopic (exact) mass is 274 g/mol. The summed E-state index contributed by atoms with van der Waals surface area (Å²) in [4.78, 5) is 0. The largest absolute Gasteiger partial charge is 0.467 e. The second-order valence-corrected chi connectivity index (χ2v) is 6.36. The van der Waals surface area contributed by atoms with Crippen molar-refractivity contribution in [2.45, 2.75) is 33.1 Å². The maximum Gasteiger partial charge on any atom is 0.188 e. The Hall–Kier alpha value is -0.300. The van der Waals surface area contributed by atoms with Crippen LogP contribution in [0.4, 0.5) is 0 Å². The molecule has 0 aliphatic rings. The molecule has 0 spiro atoms. The van der Waals surface area contributed by atoms with Crippen LogP contribution in [-0.2, 0) is 10.2 Å². The van der Waals surface area contributed by atoms with Gasteiger partial charge in [-0.05, 0) is 29.5 Å². The number of aryl methyl sites for hydroxylation is 1. The van der Waals surface area contributed by atoms with Crippen LogP contribution in [0.15, 0.2) is 12.1 Å². The Bertz CT molecular complexity index is 386. The summed E-state index contributed by atoms with van der Waals surface area (Å²) in [5.74, 6) is 0.855. The summed E-state index contributed by atoms with van der Waals surface area (Å²) >= 11 is 6.01. The molecule has 0 aliphatic heterocycles. The van der Waals surface area contributed by atoms with E-state index in [0.717, 1.165) is 16.6 Å². The van der Waals surface area contributed by atoms with Crippen LogP contribution in [0.2, 0.25) is 0 Å². The van der Waals surface area contributed by atoms with Gasteiger partial charge in [0.25, 0.3) is 0 Å². The maximum absolute atomic E-state index is 6.01. The normalized spacial score (nSPS) is 12.4. The van der Waals surface area contributed by atoms with Crippen LogP contribution in [0.1, 0.15) is 31.9 Å². The number of rotatable bonds is 4. The highest BCUT2D eigenvalue weighted by Crippen LogP contribution is 2.31. The molecule has 0 heterocycles. The van der Waals surface area contributed by atoms with Gasteiger partial charge in [0.1, 0.15) is 5.75 Å². The van der Waals surface area contributed by atoms with Crippen molar-refractivity contribution >= 4 is 24.5 Å². The number of benzene rings is 1. The molecule has 2 nitrogen and oxygen atoms in total. The third-order valence-electron chi connectivity index (χ3n) is 2.56. The van der Waals surface area contributed by atoms with E-state index >= 15 is 0 Å². The Morgan fingerprint density at radius 2 is 1.94 bits per heavy atom. The van der Waals surface area contributed by atoms with E-state index in [4.69, 9.17) is 20.7 Å². The summed E-state index contributed by atoms with van der Waals surface area (Å²) in [6.07, 6.45) is 0. The Balaban J connectivity index is 3.16. The number of halogens is 1. The van der Waals surface area contributed by atoms with E-state index < -0.39 is 0 Å². The minimum absolute atomic E-state index is 0.121. The second-order valence-electron chi connectivity index (χ2n) is 5.07. The smallest absolute Gasteiger partial charge is 0.188 e. The molecule has 1 aromatic rings. The van der Waals surface area contributed by atoms with Crippen LogP contribution >= 0.6 is 19.2 Å². The molecule has 0 N–H and O–H groups in total. The minimum atomic E-state index is 0.121. The van der Waals surface area contributed by atoms with Gasteiger partial charge in [0.2, 0.25) is 0 Å². The molecule has 0 saturated carbocycles. The summed E-state index contributed by atoms with van der Waals surface area (Å²) in [6.45, 7) is 8.88. The SMILES string of the molecule is COCOc1c(C)cc(C(C)(C)C)cc1PCl. The van der Waals surface area contributed by atoms with Gasteiger partial charge in [-0.15, -0.1) is 0 Å². The molecule has 0 aliphatic carbocycles. The van der Waals surface area contributed by atoms with Crippen LogP contribution < -0.4 is 10.0 Å². The minimum Gasteiger partial charge on any atom is -0.467 e. The van der Waals surface area contributed by atoms with Crippen molar-refractivity contribution in [3.05, 3.63) is 23.3 Å². The second kappa shape index (κ2) is 6.04. The Morgan fingerprint density at radius 3 is 2.41 bits per heavy atom. The van der Waals surface area contributed by atoms with Gasteiger partial charge in [0.15, 0.2) is 6.79 Å². The first-order valence-electron chi connectivity index (χ1n) is 5.53. The first kappa shape index (κ1) is 14.8. The van der Waals surface area contributed by atoms with Gasteiger partial charge < -0.3 is 9.47 Å². The molecule has 0 fully saturated rings. The van der Waals surface area contributed by atoms with E-state index in [9.17, 15) is 0 Å². The third kappa shape index (κ3) is 3.84. The van der Waals surface area contributed by atoms with Crippen molar-refractivity contribution in [1.82, 2.24) is 0 Å². The van der Waals surface area contributed by atoms with E-state index in [1.165, 1.54) is 5.56 Å². The standard InChI is InChI=1S/C13H20ClO2P/c1-9-6-10(13(2,3)4)7-11(17-14)12(9)16-8-15-5/h6-7,17H,8H2,1-5H3. The predicted octanol–water partition coefficient (Wildman–Crippen LogP) is 3.73. The molecule has 1 aromatic carbocycles. The molecular weight excluding hydrogens is 255 g/mol. The maximum atomic E-state index is 6.01. The molecule has 0 radical (unpaired) electrons. The fourth-order valence-corrected chi connectivity index (χ4v) is 2.57. The molecule has 17 heavy (non-hydrogen) atoms. The first-order chi connectivity index (χ1) is 7.90. The lowest BCUT2D eigenvalue weighted by Gasteiger charge is -2.22. The molecule has 4 heteroatoms. The fraction of sp³-hybridized carbons (Fsp3) is 0.538. The van der Waals surface area contributed by atoms with Crippen LogP contribution in [0.5, 0.6) is 5.75 Å². The van der Waals surface area contributed by atoms with Gasteiger partial charge in [-0.2, -0.15) is 0 Å². The van der Waals surface area contributed by atoms with Crippen molar-refractivity contribution in [3.63, 3.8) is 0 Å². The fourth-order valence-electron chi connectivity index (χ4n) is 1.59. The average molecular weight is 275 g/mol. The third-order valence-corrected chi connectivity index (χ3v) is 3.75. The van der Waals surface area contributed by atoms with Crippen LogP contribution in [0.25, 0.3) is 0 Å². The van der Waals surface area contributed by atoms with Crippen LogP contribution in [0, 0.1) is 6.92 Å². The van der Waals surface area contributed by atoms with E-state index in [-0.39, 0.29) is 20.1 Å². The molecule has 0 saturated heterocycles. The van der Waals surface area contributed by atoms with Crippen LogP contribution in [0.3, 0.4) is 0 Å². The van der Waals surface area contributed by atoms with Gasteiger partial charge in [-0.3, -0.25) is 0 Å². The van der Waals surface area contributed by atoms with E-state index in [1.807, 2.05) is 6.92 Å². The summed E-state index contributed by atoms with van der Waals surface area (Å²) in [7, 11) is 1.82. The molecule has 1 atom stereocenters. The summed E-state index contributed by atoms with van der Waals surface area (Å²) in [5, 5.41) is 1.05. The number of hydrogen-bond acceptors (Lipinski definition) is 2. The number of methoxy groups -OCH3 is 1. The lowest BCUT2D eigenvalue weighted by atomic mass is 9.86. The first-order valence-corrected chi connectivity index (χ1v) is 7.55. The zero-order chi connectivity index (χ0) is 13.1. The molecule has 1 rings (SSSR count). The highest BCUT2D eigenvalue weighted by molar-refractivity contribution is 7.75. The molecule has 0 bridgehead atoms. The number of hydrogen-bond donors (Lipinski definition) is 0. The summed E-state index contributed by atoms with van der Waals surface area (Å²) in [6, 6.07) is 4.29. The van der Waals surface area contributed by atoms with Gasteiger partial charge in [0, 0.05) is 20.3 Å². The molecule has 96 valence electrons. The van der Waals surface area contributed by atoms with Gasteiger partial charge in [0.05, 0.1) is 0 Å². The average Bonchev–Trinajstić information content (AvgIpc) is 2.25. The lowest BCUT2D eigenvalue weighted by Crippen LogP contribution is -2.16. The predicted molar refractivity (Wildman–Crippen MR) is 76.2 cm³/mol. The Kier molecular flexibility index (Phi) is 5.24. The topological polar surface area (TPSA) is 18.5 Å². The van der Waals surface area contributed by atoms with Crippen molar-refractivity contribution < 1.29 is 9.47 Å². The lowest BCUT2D eigenvalue weighted by molar-refractivity contribution is 0.0514. The Morgan fingerprint density at radius 1 is 1.29 bits per heavy atom. The van der Waals surface area contributed by atoms with E-state index in [1.54, 1.807) is 7.11 Å². The van der Waals surface area contributed by atoms with Gasteiger partial charge in [-0.1, -0.05) is 38.1 Å². The molecule has 0 aromatic heterocycles. The van der Waals surface area contributed by atoms with Gasteiger partial charge >= 0.3 is 0 Å². The van der Waals surface area contributed by atoms with E-state index in [0.29, 0.717) is 0 Å². The Labute approximate surface area is 110 Å². The quantitative estimate of drug-likeness (QED) is 0.615. The molecular formula is C13H20ClO2P. The zero-order valence-electron chi connectivity index (χ0n) is 11.1. The van der Waals surface area contributed by atoms with Crippen molar-refractivity contribution in [2.75, 3.05) is 13.9 Å². The van der Waals surface area contributed by atoms with Gasteiger partial charge in [-0.25, -0.2) is 0 Å². The highest BCUT2D eigenvalue weighted by atomic mass is 35.7. The van der Waals surface area contributed by atoms with Crippen molar-refractivity contribution in [1.29, 1.82) is 0 Å². The molecule has 1 unspecified atom stereocenters. The summed E-state index contributed by atoms with van der Waals surface area (Å²) in [5.41, 5.74) is 2.51. The van der Waals surface area contributed by atoms with Crippen LogP contribution in [-0.4, -0.2) is 13.9 Å². The highest BCUT2D eigenvalue weighted by Gasteiger charge is 2.18. The number of ether oxygens (including phenoxy) is 2. The van der Waals surface area contributed by atoms with E-state index in [2.05, 4.69) is 32.9 Å². The van der Waals surface area contributed by atoms with Crippen molar-refractivity contribution in [3.8, 4) is 5.75 Å². The van der Waals surface area contributed by atoms with Crippen molar-refractivity contribution in [2.24, 2.45) is 0 Å².